The Bertz CT molecular complexity index is 869. The summed E-state index contributed by atoms with van der Waals surface area (Å²) in [6.45, 7) is 6.79. The summed E-state index contributed by atoms with van der Waals surface area (Å²) in [6, 6.07) is 8.29. The Kier molecular flexibility index (Phi) is 4.58. The van der Waals surface area contributed by atoms with Crippen LogP contribution in [-0.4, -0.2) is 33.7 Å². The molecular formula is C22H30N4O. The van der Waals surface area contributed by atoms with Crippen LogP contribution in [0, 0.1) is 38.5 Å². The van der Waals surface area contributed by atoms with Crippen molar-refractivity contribution in [2.75, 3.05) is 7.05 Å². The third kappa shape index (κ3) is 2.98. The number of aromatic nitrogens is 2. The zero-order valence-electron chi connectivity index (χ0n) is 16.8. The molecule has 5 heteroatoms. The van der Waals surface area contributed by atoms with Crippen molar-refractivity contribution in [2.45, 2.75) is 52.6 Å². The van der Waals surface area contributed by atoms with Gasteiger partial charge in [-0.15, -0.1) is 0 Å². The van der Waals surface area contributed by atoms with Crippen molar-refractivity contribution in [1.29, 1.82) is 0 Å². The van der Waals surface area contributed by atoms with Crippen LogP contribution in [0.25, 0.3) is 5.69 Å². The van der Waals surface area contributed by atoms with E-state index in [2.05, 4.69) is 26.0 Å². The molecular weight excluding hydrogens is 336 g/mol. The number of fused-ring (bicyclic) bond motifs is 2. The summed E-state index contributed by atoms with van der Waals surface area (Å²) in [4.78, 5) is 15.0. The van der Waals surface area contributed by atoms with Gasteiger partial charge in [-0.25, -0.2) is 4.68 Å². The fourth-order valence-corrected chi connectivity index (χ4v) is 5.21. The van der Waals surface area contributed by atoms with E-state index in [4.69, 9.17) is 10.8 Å². The lowest BCUT2D eigenvalue weighted by Gasteiger charge is -2.31. The summed E-state index contributed by atoms with van der Waals surface area (Å²) in [5.41, 5.74) is 11.9. The lowest BCUT2D eigenvalue weighted by atomic mass is 9.84. The van der Waals surface area contributed by atoms with Gasteiger partial charge < -0.3 is 10.6 Å². The molecule has 2 N–H and O–H groups in total. The molecule has 2 fully saturated rings. The second-order valence-corrected chi connectivity index (χ2v) is 8.48. The van der Waals surface area contributed by atoms with Gasteiger partial charge in [0.25, 0.3) is 0 Å². The van der Waals surface area contributed by atoms with Crippen LogP contribution in [-0.2, 0) is 11.3 Å². The summed E-state index contributed by atoms with van der Waals surface area (Å²) in [6.07, 6.45) is 3.49. The van der Waals surface area contributed by atoms with E-state index in [1.54, 1.807) is 0 Å². The zero-order chi connectivity index (χ0) is 19.3. The Hall–Kier alpha value is -2.14. The van der Waals surface area contributed by atoms with Gasteiger partial charge in [-0.1, -0.05) is 18.2 Å². The number of carbonyl (C=O) groups excluding carboxylic acids is 1. The highest BCUT2D eigenvalue weighted by atomic mass is 16.2. The number of amides is 1. The molecule has 0 aliphatic heterocycles. The molecule has 5 nitrogen and oxygen atoms in total. The summed E-state index contributed by atoms with van der Waals surface area (Å²) in [5.74, 6) is 1.24. The van der Waals surface area contributed by atoms with E-state index in [9.17, 15) is 4.79 Å². The van der Waals surface area contributed by atoms with E-state index < -0.39 is 0 Å². The largest absolute Gasteiger partial charge is 0.341 e. The maximum atomic E-state index is 13.1. The third-order valence-electron chi connectivity index (χ3n) is 6.82. The van der Waals surface area contributed by atoms with Crippen molar-refractivity contribution in [1.82, 2.24) is 14.7 Å². The molecule has 1 aromatic carbocycles. The first-order chi connectivity index (χ1) is 12.9. The van der Waals surface area contributed by atoms with Gasteiger partial charge in [0.05, 0.1) is 17.3 Å². The molecule has 1 aromatic heterocycles. The Morgan fingerprint density at radius 3 is 2.59 bits per heavy atom. The lowest BCUT2D eigenvalue weighted by molar-refractivity contribution is -0.137. The Morgan fingerprint density at radius 1 is 1.22 bits per heavy atom. The van der Waals surface area contributed by atoms with Gasteiger partial charge in [-0.2, -0.15) is 5.10 Å². The predicted octanol–water partition coefficient (Wildman–Crippen LogP) is 3.13. The van der Waals surface area contributed by atoms with E-state index in [1.807, 2.05) is 35.7 Å². The number of nitrogens with two attached hydrogens (primary N) is 1. The normalized spacial score (nSPS) is 26.6. The van der Waals surface area contributed by atoms with Crippen LogP contribution in [0.15, 0.2) is 24.3 Å². The number of hydrogen-bond acceptors (Lipinski definition) is 3. The molecule has 4 rings (SSSR count). The van der Waals surface area contributed by atoms with Crippen molar-refractivity contribution < 1.29 is 4.79 Å². The predicted molar refractivity (Wildman–Crippen MR) is 107 cm³/mol. The molecule has 4 atom stereocenters. The van der Waals surface area contributed by atoms with Crippen LogP contribution >= 0.6 is 0 Å². The first-order valence-electron chi connectivity index (χ1n) is 10.00. The second-order valence-electron chi connectivity index (χ2n) is 8.48. The van der Waals surface area contributed by atoms with Crippen molar-refractivity contribution >= 4 is 5.91 Å². The average Bonchev–Trinajstić information content (AvgIpc) is 3.31. The fraction of sp³-hybridized carbons (Fsp3) is 0.545. The first kappa shape index (κ1) is 18.2. The van der Waals surface area contributed by atoms with Crippen LogP contribution in [0.4, 0.5) is 0 Å². The smallest absolute Gasteiger partial charge is 0.227 e. The molecule has 0 radical (unpaired) electrons. The summed E-state index contributed by atoms with van der Waals surface area (Å²) in [5, 5.41) is 4.76. The maximum Gasteiger partial charge on any atom is 0.227 e. The zero-order valence-corrected chi connectivity index (χ0v) is 16.8. The second kappa shape index (κ2) is 6.79. The highest BCUT2D eigenvalue weighted by Crippen LogP contribution is 2.48. The summed E-state index contributed by atoms with van der Waals surface area (Å²) >= 11 is 0. The van der Waals surface area contributed by atoms with Gasteiger partial charge in [0.15, 0.2) is 0 Å². The number of rotatable bonds is 4. The molecule has 2 aliphatic carbocycles. The number of nitrogens with zero attached hydrogens (tertiary/aromatic N) is 3. The van der Waals surface area contributed by atoms with Crippen LogP contribution in [0.1, 0.15) is 41.8 Å². The van der Waals surface area contributed by atoms with Crippen molar-refractivity contribution in [3.05, 3.63) is 46.8 Å². The van der Waals surface area contributed by atoms with E-state index in [1.165, 1.54) is 12.0 Å². The van der Waals surface area contributed by atoms with Gasteiger partial charge in [0, 0.05) is 30.9 Å². The number of carbonyl (C=O) groups is 1. The fourth-order valence-electron chi connectivity index (χ4n) is 5.21. The number of aryl methyl sites for hydroxylation is 2. The van der Waals surface area contributed by atoms with Crippen LogP contribution in [0.2, 0.25) is 0 Å². The van der Waals surface area contributed by atoms with Gasteiger partial charge in [0.1, 0.15) is 0 Å². The molecule has 2 bridgehead atoms. The minimum absolute atomic E-state index is 0.000718. The van der Waals surface area contributed by atoms with Crippen LogP contribution < -0.4 is 5.73 Å². The van der Waals surface area contributed by atoms with E-state index in [0.29, 0.717) is 18.4 Å². The molecule has 144 valence electrons. The van der Waals surface area contributed by atoms with Crippen LogP contribution in [0.3, 0.4) is 0 Å². The highest BCUT2D eigenvalue weighted by Gasteiger charge is 2.49. The summed E-state index contributed by atoms with van der Waals surface area (Å²) < 4.78 is 2.00. The van der Waals surface area contributed by atoms with Gasteiger partial charge in [-0.3, -0.25) is 4.79 Å². The minimum Gasteiger partial charge on any atom is -0.341 e. The number of benzene rings is 1. The Labute approximate surface area is 161 Å². The number of para-hydroxylation sites is 1. The maximum absolute atomic E-state index is 13.1. The molecule has 1 heterocycles. The topological polar surface area (TPSA) is 64.2 Å². The average molecular weight is 367 g/mol. The Balaban J connectivity index is 1.56. The molecule has 2 aliphatic rings. The molecule has 2 saturated carbocycles. The van der Waals surface area contributed by atoms with Crippen molar-refractivity contribution in [3.63, 3.8) is 0 Å². The monoisotopic (exact) mass is 366 g/mol. The van der Waals surface area contributed by atoms with Gasteiger partial charge >= 0.3 is 0 Å². The molecule has 4 unspecified atom stereocenters. The highest BCUT2D eigenvalue weighted by molar-refractivity contribution is 5.80. The molecule has 0 spiro atoms. The SMILES string of the molecule is Cc1ccccc1-n1nc(C)c(CN(C)C(=O)C2C3CCC(C3)C2N)c1C. The lowest BCUT2D eigenvalue weighted by Crippen LogP contribution is -2.45. The summed E-state index contributed by atoms with van der Waals surface area (Å²) in [7, 11) is 1.91. The molecule has 2 aromatic rings. The molecule has 27 heavy (non-hydrogen) atoms. The number of hydrogen-bond donors (Lipinski definition) is 1. The van der Waals surface area contributed by atoms with Crippen molar-refractivity contribution in [3.8, 4) is 5.69 Å². The third-order valence-corrected chi connectivity index (χ3v) is 6.82. The standard InChI is InChI=1S/C22H30N4O/c1-13-7-5-6-8-19(13)26-15(3)18(14(2)24-26)12-25(4)22(27)20-16-9-10-17(11-16)21(20)23/h5-8,16-17,20-21H,9-12,23H2,1-4H3. The van der Waals surface area contributed by atoms with Gasteiger partial charge in [0.2, 0.25) is 5.91 Å². The van der Waals surface area contributed by atoms with E-state index in [0.717, 1.165) is 35.5 Å². The van der Waals surface area contributed by atoms with E-state index in [-0.39, 0.29) is 17.9 Å². The molecule has 1 amide bonds. The quantitative estimate of drug-likeness (QED) is 0.904. The van der Waals surface area contributed by atoms with Gasteiger partial charge in [-0.05, 0) is 63.5 Å². The molecule has 0 saturated heterocycles. The first-order valence-corrected chi connectivity index (χ1v) is 10.00. The van der Waals surface area contributed by atoms with E-state index >= 15 is 0 Å². The van der Waals surface area contributed by atoms with Crippen molar-refractivity contribution in [2.24, 2.45) is 23.5 Å². The van der Waals surface area contributed by atoms with Crippen LogP contribution in [0.5, 0.6) is 0 Å². The minimum atomic E-state index is 0.000718. The Morgan fingerprint density at radius 2 is 1.93 bits per heavy atom.